The molecule has 3 aromatic rings. The molecule has 0 spiro atoms. The van der Waals surface area contributed by atoms with Crippen LogP contribution in [-0.2, 0) is 24.1 Å². The highest BCUT2D eigenvalue weighted by Gasteiger charge is 2.22. The highest BCUT2D eigenvalue weighted by molar-refractivity contribution is 5.93. The van der Waals surface area contributed by atoms with E-state index in [0.29, 0.717) is 17.5 Å². The maximum atomic E-state index is 13.2. The Balaban J connectivity index is 1.66. The lowest BCUT2D eigenvalue weighted by atomic mass is 9.95. The summed E-state index contributed by atoms with van der Waals surface area (Å²) in [5, 5.41) is 3.42. The minimum atomic E-state index is -0.624. The van der Waals surface area contributed by atoms with Gasteiger partial charge in [-0.05, 0) is 67.9 Å². The zero-order valence-electron chi connectivity index (χ0n) is 16.9. The van der Waals surface area contributed by atoms with E-state index in [2.05, 4.69) is 22.2 Å². The molecule has 1 aliphatic rings. The molecule has 29 heavy (non-hydrogen) atoms. The van der Waals surface area contributed by atoms with Gasteiger partial charge < -0.3 is 5.32 Å². The van der Waals surface area contributed by atoms with Gasteiger partial charge in [-0.1, -0.05) is 26.0 Å². The van der Waals surface area contributed by atoms with Crippen LogP contribution in [0.15, 0.2) is 41.5 Å². The number of nitrogens with zero attached hydrogens (tertiary/aromatic N) is 3. The third-order valence-corrected chi connectivity index (χ3v) is 5.70. The lowest BCUT2D eigenvalue weighted by Gasteiger charge is -2.19. The van der Waals surface area contributed by atoms with Crippen molar-refractivity contribution in [1.82, 2.24) is 14.5 Å². The number of hydrogen-bond acceptors (Lipinski definition) is 4. The monoisotopic (exact) mass is 390 g/mol. The SMILES string of the molecule is CCc1ccc(NC(=O)C(CC)n2cnc3nc4c(cc3c2=O)CCCC4)cc1. The summed E-state index contributed by atoms with van der Waals surface area (Å²) in [5.74, 6) is -0.217. The molecule has 150 valence electrons. The summed E-state index contributed by atoms with van der Waals surface area (Å²) in [6.07, 6.45) is 7.02. The van der Waals surface area contributed by atoms with Gasteiger partial charge >= 0.3 is 0 Å². The van der Waals surface area contributed by atoms with E-state index in [1.165, 1.54) is 16.5 Å². The molecular weight excluding hydrogens is 364 g/mol. The van der Waals surface area contributed by atoms with Crippen LogP contribution in [0.2, 0.25) is 0 Å². The summed E-state index contributed by atoms with van der Waals surface area (Å²) >= 11 is 0. The van der Waals surface area contributed by atoms with E-state index in [0.717, 1.165) is 49.0 Å². The summed E-state index contributed by atoms with van der Waals surface area (Å²) < 4.78 is 1.44. The Kier molecular flexibility index (Phi) is 5.43. The van der Waals surface area contributed by atoms with E-state index in [9.17, 15) is 9.59 Å². The number of nitrogens with one attached hydrogen (secondary N) is 1. The molecule has 1 unspecified atom stereocenters. The number of fused-ring (bicyclic) bond motifs is 2. The number of rotatable bonds is 5. The van der Waals surface area contributed by atoms with Crippen LogP contribution < -0.4 is 10.9 Å². The first-order valence-corrected chi connectivity index (χ1v) is 10.4. The standard InChI is InChI=1S/C23H26N4O2/c1-3-15-9-11-17(12-10-15)25-22(28)20(4-2)27-14-24-21-18(23(27)29)13-16-7-5-6-8-19(16)26-21/h9-14,20H,3-8H2,1-2H3,(H,25,28). The summed E-state index contributed by atoms with van der Waals surface area (Å²) in [6, 6.07) is 9.07. The Morgan fingerprint density at radius 3 is 2.66 bits per heavy atom. The first kappa shape index (κ1) is 19.3. The van der Waals surface area contributed by atoms with Gasteiger partial charge in [0.25, 0.3) is 5.56 Å². The van der Waals surface area contributed by atoms with Crippen LogP contribution >= 0.6 is 0 Å². The van der Waals surface area contributed by atoms with Crippen LogP contribution in [-0.4, -0.2) is 20.4 Å². The molecule has 0 bridgehead atoms. The van der Waals surface area contributed by atoms with E-state index >= 15 is 0 Å². The minimum Gasteiger partial charge on any atom is -0.324 e. The molecule has 2 aromatic heterocycles. The first-order valence-electron chi connectivity index (χ1n) is 10.4. The van der Waals surface area contributed by atoms with E-state index in [1.54, 1.807) is 0 Å². The number of hydrogen-bond donors (Lipinski definition) is 1. The molecule has 1 atom stereocenters. The van der Waals surface area contributed by atoms with Crippen molar-refractivity contribution < 1.29 is 4.79 Å². The molecule has 1 N–H and O–H groups in total. The molecule has 1 aromatic carbocycles. The van der Waals surface area contributed by atoms with E-state index < -0.39 is 6.04 Å². The molecular formula is C23H26N4O2. The average molecular weight is 390 g/mol. The number of aryl methyl sites for hydroxylation is 3. The molecule has 0 saturated heterocycles. The minimum absolute atomic E-state index is 0.209. The smallest absolute Gasteiger partial charge is 0.263 e. The van der Waals surface area contributed by atoms with Crippen LogP contribution in [0.25, 0.3) is 11.0 Å². The number of carbonyl (C=O) groups is 1. The van der Waals surface area contributed by atoms with Gasteiger partial charge in [0.1, 0.15) is 12.4 Å². The van der Waals surface area contributed by atoms with Crippen LogP contribution in [0.5, 0.6) is 0 Å². The second-order valence-electron chi connectivity index (χ2n) is 7.59. The van der Waals surface area contributed by atoms with Crippen molar-refractivity contribution in [3.63, 3.8) is 0 Å². The molecule has 1 amide bonds. The summed E-state index contributed by atoms with van der Waals surface area (Å²) in [7, 11) is 0. The molecule has 4 rings (SSSR count). The predicted molar refractivity (Wildman–Crippen MR) is 114 cm³/mol. The number of anilines is 1. The number of pyridine rings is 1. The topological polar surface area (TPSA) is 76.9 Å². The van der Waals surface area contributed by atoms with Crippen LogP contribution in [0.4, 0.5) is 5.69 Å². The van der Waals surface area contributed by atoms with Gasteiger partial charge in [0, 0.05) is 11.4 Å². The number of amides is 1. The second kappa shape index (κ2) is 8.15. The van der Waals surface area contributed by atoms with Crippen LogP contribution in [0.1, 0.15) is 56.0 Å². The third kappa shape index (κ3) is 3.79. The van der Waals surface area contributed by atoms with Crippen molar-refractivity contribution in [2.45, 2.75) is 58.4 Å². The highest BCUT2D eigenvalue weighted by Crippen LogP contribution is 2.22. The fourth-order valence-electron chi connectivity index (χ4n) is 3.97. The number of aromatic nitrogens is 3. The van der Waals surface area contributed by atoms with Gasteiger partial charge in [-0.15, -0.1) is 0 Å². The van der Waals surface area contributed by atoms with Gasteiger partial charge in [0.05, 0.1) is 5.39 Å². The van der Waals surface area contributed by atoms with Gasteiger partial charge in [-0.2, -0.15) is 0 Å². The predicted octanol–water partition coefficient (Wildman–Crippen LogP) is 3.82. The van der Waals surface area contributed by atoms with Crippen LogP contribution in [0, 0.1) is 0 Å². The average Bonchev–Trinajstić information content (AvgIpc) is 2.75. The molecule has 0 saturated carbocycles. The summed E-state index contributed by atoms with van der Waals surface area (Å²) in [4.78, 5) is 35.1. The van der Waals surface area contributed by atoms with Gasteiger partial charge in [-0.25, -0.2) is 9.97 Å². The zero-order valence-corrected chi connectivity index (χ0v) is 16.9. The van der Waals surface area contributed by atoms with Crippen molar-refractivity contribution in [2.75, 3.05) is 5.32 Å². The molecule has 0 fully saturated rings. The fourth-order valence-corrected chi connectivity index (χ4v) is 3.97. The molecule has 0 aliphatic heterocycles. The number of benzene rings is 1. The first-order chi connectivity index (χ1) is 14.1. The van der Waals surface area contributed by atoms with Crippen molar-refractivity contribution in [2.24, 2.45) is 0 Å². The zero-order chi connectivity index (χ0) is 20.4. The third-order valence-electron chi connectivity index (χ3n) is 5.70. The highest BCUT2D eigenvalue weighted by atomic mass is 16.2. The second-order valence-corrected chi connectivity index (χ2v) is 7.59. The Hall–Kier alpha value is -3.02. The van der Waals surface area contributed by atoms with Crippen molar-refractivity contribution in [1.29, 1.82) is 0 Å². The largest absolute Gasteiger partial charge is 0.324 e. The van der Waals surface area contributed by atoms with E-state index in [1.807, 2.05) is 37.3 Å². The quantitative estimate of drug-likeness (QED) is 0.718. The van der Waals surface area contributed by atoms with Crippen molar-refractivity contribution >= 4 is 22.6 Å². The van der Waals surface area contributed by atoms with E-state index in [4.69, 9.17) is 0 Å². The maximum Gasteiger partial charge on any atom is 0.263 e. The molecule has 6 heteroatoms. The van der Waals surface area contributed by atoms with Crippen molar-refractivity contribution in [3.8, 4) is 0 Å². The lowest BCUT2D eigenvalue weighted by molar-refractivity contribution is -0.119. The van der Waals surface area contributed by atoms with E-state index in [-0.39, 0.29) is 11.5 Å². The van der Waals surface area contributed by atoms with Crippen LogP contribution in [0.3, 0.4) is 0 Å². The Bertz CT molecular complexity index is 1100. The summed E-state index contributed by atoms with van der Waals surface area (Å²) in [5.41, 5.74) is 4.38. The normalized spacial score (nSPS) is 14.4. The van der Waals surface area contributed by atoms with Gasteiger partial charge in [0.15, 0.2) is 5.65 Å². The maximum absolute atomic E-state index is 13.2. The Morgan fingerprint density at radius 1 is 1.17 bits per heavy atom. The molecule has 0 radical (unpaired) electrons. The van der Waals surface area contributed by atoms with Gasteiger partial charge in [-0.3, -0.25) is 14.2 Å². The molecule has 1 aliphatic carbocycles. The fraction of sp³-hybridized carbons (Fsp3) is 0.391. The Labute approximate surface area is 170 Å². The summed E-state index contributed by atoms with van der Waals surface area (Å²) in [6.45, 7) is 3.98. The Morgan fingerprint density at radius 2 is 1.93 bits per heavy atom. The number of carbonyl (C=O) groups excluding carboxylic acids is 1. The van der Waals surface area contributed by atoms with Gasteiger partial charge in [0.2, 0.25) is 5.91 Å². The van der Waals surface area contributed by atoms with Crippen molar-refractivity contribution in [3.05, 3.63) is 63.8 Å². The molecule has 2 heterocycles. The lowest BCUT2D eigenvalue weighted by Crippen LogP contribution is -2.33. The molecule has 6 nitrogen and oxygen atoms in total.